The van der Waals surface area contributed by atoms with Crippen LogP contribution in [0.5, 0.6) is 0 Å². The fourth-order valence-corrected chi connectivity index (χ4v) is 3.85. The van der Waals surface area contributed by atoms with Gasteiger partial charge >= 0.3 is 0 Å². The van der Waals surface area contributed by atoms with E-state index in [4.69, 9.17) is 0 Å². The van der Waals surface area contributed by atoms with Crippen LogP contribution in [-0.2, 0) is 4.79 Å². The van der Waals surface area contributed by atoms with Gasteiger partial charge in [0.15, 0.2) is 0 Å². The summed E-state index contributed by atoms with van der Waals surface area (Å²) in [5.41, 5.74) is -0.124. The molecule has 0 radical (unpaired) electrons. The minimum absolute atomic E-state index is 0.124. The van der Waals surface area contributed by atoms with Crippen LogP contribution in [0.15, 0.2) is 0 Å². The SMILES string of the molecule is CCCC1(C(=O)N2CCCC(N(C)C)C2)CCCNC1. The van der Waals surface area contributed by atoms with Gasteiger partial charge < -0.3 is 15.1 Å². The summed E-state index contributed by atoms with van der Waals surface area (Å²) in [5, 5.41) is 3.46. The third kappa shape index (κ3) is 3.34. The van der Waals surface area contributed by atoms with E-state index in [1.807, 2.05) is 0 Å². The summed E-state index contributed by atoms with van der Waals surface area (Å²) < 4.78 is 0. The molecule has 2 unspecified atom stereocenters. The minimum atomic E-state index is -0.124. The third-order valence-electron chi connectivity index (χ3n) is 5.07. The van der Waals surface area contributed by atoms with Crippen molar-refractivity contribution in [1.29, 1.82) is 0 Å². The van der Waals surface area contributed by atoms with Gasteiger partial charge in [-0.2, -0.15) is 0 Å². The van der Waals surface area contributed by atoms with Gasteiger partial charge in [-0.05, 0) is 52.7 Å². The van der Waals surface area contributed by atoms with Crippen molar-refractivity contribution in [2.45, 2.75) is 51.5 Å². The Kier molecular flexibility index (Phi) is 5.44. The number of rotatable bonds is 4. The lowest BCUT2D eigenvalue weighted by atomic mass is 9.75. The first-order valence-electron chi connectivity index (χ1n) is 8.25. The van der Waals surface area contributed by atoms with Gasteiger partial charge in [0.05, 0.1) is 5.41 Å². The van der Waals surface area contributed by atoms with Gasteiger partial charge in [0.2, 0.25) is 5.91 Å². The van der Waals surface area contributed by atoms with Crippen molar-refractivity contribution in [3.63, 3.8) is 0 Å². The van der Waals surface area contributed by atoms with Crippen molar-refractivity contribution >= 4 is 5.91 Å². The average molecular weight is 281 g/mol. The van der Waals surface area contributed by atoms with Crippen LogP contribution < -0.4 is 5.32 Å². The zero-order chi connectivity index (χ0) is 14.6. The van der Waals surface area contributed by atoms with Crippen LogP contribution in [0.2, 0.25) is 0 Å². The number of hydrogen-bond donors (Lipinski definition) is 1. The second-order valence-corrected chi connectivity index (χ2v) is 6.82. The summed E-state index contributed by atoms with van der Waals surface area (Å²) in [6, 6.07) is 0.530. The van der Waals surface area contributed by atoms with E-state index < -0.39 is 0 Å². The number of likely N-dealkylation sites (N-methyl/N-ethyl adjacent to an activating group) is 1. The van der Waals surface area contributed by atoms with E-state index in [1.54, 1.807) is 0 Å². The molecule has 4 nitrogen and oxygen atoms in total. The monoisotopic (exact) mass is 281 g/mol. The van der Waals surface area contributed by atoms with Crippen molar-refractivity contribution in [3.8, 4) is 0 Å². The van der Waals surface area contributed by atoms with Crippen LogP contribution in [0.25, 0.3) is 0 Å². The van der Waals surface area contributed by atoms with Gasteiger partial charge in [-0.25, -0.2) is 0 Å². The van der Waals surface area contributed by atoms with Gasteiger partial charge in [0.25, 0.3) is 0 Å². The fraction of sp³-hybridized carbons (Fsp3) is 0.938. The summed E-state index contributed by atoms with van der Waals surface area (Å²) in [4.78, 5) is 17.5. The normalized spacial score (nSPS) is 31.6. The predicted octanol–water partition coefficient (Wildman–Crippen LogP) is 1.71. The molecule has 116 valence electrons. The first kappa shape index (κ1) is 15.8. The number of carbonyl (C=O) groups is 1. The molecule has 2 saturated heterocycles. The van der Waals surface area contributed by atoms with E-state index in [0.29, 0.717) is 11.9 Å². The number of amides is 1. The molecule has 2 heterocycles. The third-order valence-corrected chi connectivity index (χ3v) is 5.07. The maximum absolute atomic E-state index is 13.1. The van der Waals surface area contributed by atoms with E-state index in [1.165, 1.54) is 6.42 Å². The lowest BCUT2D eigenvalue weighted by Crippen LogP contribution is -2.56. The number of piperidine rings is 2. The molecule has 0 aromatic carbocycles. The van der Waals surface area contributed by atoms with Gasteiger partial charge in [-0.15, -0.1) is 0 Å². The summed E-state index contributed by atoms with van der Waals surface area (Å²) in [5.74, 6) is 0.415. The van der Waals surface area contributed by atoms with Crippen LogP contribution >= 0.6 is 0 Å². The highest BCUT2D eigenvalue weighted by atomic mass is 16.2. The van der Waals surface area contributed by atoms with Crippen molar-refractivity contribution in [3.05, 3.63) is 0 Å². The smallest absolute Gasteiger partial charge is 0.230 e. The van der Waals surface area contributed by atoms with Gasteiger partial charge in [0.1, 0.15) is 0 Å². The molecule has 0 saturated carbocycles. The maximum atomic E-state index is 13.1. The Bertz CT molecular complexity index is 318. The molecule has 2 fully saturated rings. The van der Waals surface area contributed by atoms with E-state index in [0.717, 1.165) is 58.3 Å². The number of hydrogen-bond acceptors (Lipinski definition) is 3. The molecule has 1 amide bonds. The summed E-state index contributed by atoms with van der Waals surface area (Å²) in [7, 11) is 4.26. The highest BCUT2D eigenvalue weighted by molar-refractivity contribution is 5.83. The lowest BCUT2D eigenvalue weighted by Gasteiger charge is -2.43. The molecule has 0 aliphatic carbocycles. The molecule has 2 atom stereocenters. The molecule has 20 heavy (non-hydrogen) atoms. The molecule has 4 heteroatoms. The van der Waals surface area contributed by atoms with Crippen molar-refractivity contribution in [1.82, 2.24) is 15.1 Å². The molecule has 0 spiro atoms. The standard InChI is InChI=1S/C16H31N3O/c1-4-8-16(9-6-10-17-13-16)15(20)19-11-5-7-14(12-19)18(2)3/h14,17H,4-13H2,1-3H3. The number of nitrogens with zero attached hydrogens (tertiary/aromatic N) is 2. The topological polar surface area (TPSA) is 35.6 Å². The van der Waals surface area contributed by atoms with Gasteiger partial charge in [-0.3, -0.25) is 4.79 Å². The summed E-state index contributed by atoms with van der Waals surface area (Å²) in [6.45, 7) is 6.01. The largest absolute Gasteiger partial charge is 0.341 e. The number of nitrogens with one attached hydrogen (secondary N) is 1. The minimum Gasteiger partial charge on any atom is -0.341 e. The average Bonchev–Trinajstić information content (AvgIpc) is 2.48. The molecule has 2 rings (SSSR count). The molecule has 0 aromatic heterocycles. The van der Waals surface area contributed by atoms with E-state index in [9.17, 15) is 4.79 Å². The Morgan fingerprint density at radius 3 is 2.80 bits per heavy atom. The number of carbonyl (C=O) groups excluding carboxylic acids is 1. The zero-order valence-electron chi connectivity index (χ0n) is 13.5. The zero-order valence-corrected chi connectivity index (χ0v) is 13.5. The quantitative estimate of drug-likeness (QED) is 0.852. The molecule has 2 aliphatic rings. The van der Waals surface area contributed by atoms with Gasteiger partial charge in [0, 0.05) is 25.7 Å². The lowest BCUT2D eigenvalue weighted by molar-refractivity contribution is -0.146. The summed E-state index contributed by atoms with van der Waals surface area (Å²) in [6.07, 6.45) is 6.69. The van der Waals surface area contributed by atoms with Crippen LogP contribution in [-0.4, -0.2) is 62.0 Å². The van der Waals surface area contributed by atoms with Crippen LogP contribution in [0, 0.1) is 5.41 Å². The van der Waals surface area contributed by atoms with Crippen molar-refractivity contribution < 1.29 is 4.79 Å². The second kappa shape index (κ2) is 6.90. The Hall–Kier alpha value is -0.610. The van der Waals surface area contributed by atoms with Crippen LogP contribution in [0.4, 0.5) is 0 Å². The maximum Gasteiger partial charge on any atom is 0.230 e. The first-order chi connectivity index (χ1) is 9.59. The Labute approximate surface area is 123 Å². The molecule has 1 N–H and O–H groups in total. The molecular formula is C16H31N3O. The summed E-state index contributed by atoms with van der Waals surface area (Å²) >= 11 is 0. The fourth-order valence-electron chi connectivity index (χ4n) is 3.85. The predicted molar refractivity (Wildman–Crippen MR) is 82.7 cm³/mol. The second-order valence-electron chi connectivity index (χ2n) is 6.82. The Morgan fingerprint density at radius 2 is 2.20 bits per heavy atom. The molecule has 0 bridgehead atoms. The Morgan fingerprint density at radius 1 is 1.40 bits per heavy atom. The highest BCUT2D eigenvalue weighted by Crippen LogP contribution is 2.34. The molecule has 0 aromatic rings. The van der Waals surface area contributed by atoms with Gasteiger partial charge in [-0.1, -0.05) is 13.3 Å². The molecule has 2 aliphatic heterocycles. The molecular weight excluding hydrogens is 250 g/mol. The Balaban J connectivity index is 2.06. The number of likely N-dealkylation sites (tertiary alicyclic amines) is 1. The highest BCUT2D eigenvalue weighted by Gasteiger charge is 2.42. The van der Waals surface area contributed by atoms with Crippen molar-refractivity contribution in [2.75, 3.05) is 40.3 Å². The van der Waals surface area contributed by atoms with Crippen molar-refractivity contribution in [2.24, 2.45) is 5.41 Å². The first-order valence-corrected chi connectivity index (χ1v) is 8.25. The van der Waals surface area contributed by atoms with Crippen LogP contribution in [0.3, 0.4) is 0 Å². The van der Waals surface area contributed by atoms with E-state index in [2.05, 4.69) is 36.1 Å². The van der Waals surface area contributed by atoms with Crippen LogP contribution in [0.1, 0.15) is 45.4 Å². The van der Waals surface area contributed by atoms with E-state index >= 15 is 0 Å². The van der Waals surface area contributed by atoms with E-state index in [-0.39, 0.29) is 5.41 Å².